The lowest BCUT2D eigenvalue weighted by Crippen LogP contribution is -2.31. The van der Waals surface area contributed by atoms with Gasteiger partial charge in [-0.3, -0.25) is 14.4 Å². The van der Waals surface area contributed by atoms with Gasteiger partial charge in [0.25, 0.3) is 5.91 Å². The summed E-state index contributed by atoms with van der Waals surface area (Å²) < 4.78 is 0. The van der Waals surface area contributed by atoms with Gasteiger partial charge in [0, 0.05) is 23.8 Å². The molecule has 0 aliphatic carbocycles. The molecule has 3 amide bonds. The van der Waals surface area contributed by atoms with Crippen LogP contribution in [0.1, 0.15) is 43.1 Å². The maximum absolute atomic E-state index is 12.4. The van der Waals surface area contributed by atoms with Crippen LogP contribution in [0.4, 0.5) is 17.1 Å². The van der Waals surface area contributed by atoms with Crippen LogP contribution in [-0.4, -0.2) is 30.3 Å². The van der Waals surface area contributed by atoms with Gasteiger partial charge in [0.15, 0.2) is 0 Å². The highest BCUT2D eigenvalue weighted by Gasteiger charge is 2.14. The molecule has 0 heterocycles. The zero-order valence-electron chi connectivity index (χ0n) is 17.3. The summed E-state index contributed by atoms with van der Waals surface area (Å²) in [5, 5.41) is 11.5. The molecule has 0 aliphatic heterocycles. The molecule has 0 spiro atoms. The average Bonchev–Trinajstić information content (AvgIpc) is 2.68. The first kappa shape index (κ1) is 21.9. The van der Waals surface area contributed by atoms with Crippen molar-refractivity contribution in [3.8, 4) is 0 Å². The summed E-state index contributed by atoms with van der Waals surface area (Å²) in [6.07, 6.45) is 0.392. The number of carbonyl (C=O) groups is 3. The summed E-state index contributed by atoms with van der Waals surface area (Å²) >= 11 is 0. The Balaban J connectivity index is 2.03. The molecule has 0 aromatic heterocycles. The van der Waals surface area contributed by atoms with Crippen LogP contribution in [-0.2, 0) is 9.59 Å². The number of benzene rings is 2. The summed E-state index contributed by atoms with van der Waals surface area (Å²) in [4.78, 5) is 36.3. The smallest absolute Gasteiger partial charge is 0.253 e. The van der Waals surface area contributed by atoms with E-state index in [9.17, 15) is 14.4 Å². The summed E-state index contributed by atoms with van der Waals surface area (Å²) in [6.45, 7) is 7.47. The molecule has 7 nitrogen and oxygen atoms in total. The van der Waals surface area contributed by atoms with Gasteiger partial charge >= 0.3 is 0 Å². The molecule has 154 valence electrons. The Morgan fingerprint density at radius 3 is 2.34 bits per heavy atom. The van der Waals surface area contributed by atoms with Crippen molar-refractivity contribution in [1.82, 2.24) is 5.32 Å². The molecule has 7 heteroatoms. The zero-order valence-corrected chi connectivity index (χ0v) is 17.3. The molecule has 2 aromatic rings. The van der Waals surface area contributed by atoms with Crippen LogP contribution in [0.25, 0.3) is 0 Å². The van der Waals surface area contributed by atoms with E-state index in [0.29, 0.717) is 23.4 Å². The molecule has 0 aliphatic rings. The second-order valence-electron chi connectivity index (χ2n) is 7.01. The van der Waals surface area contributed by atoms with Crippen molar-refractivity contribution in [1.29, 1.82) is 0 Å². The molecule has 2 aromatic carbocycles. The van der Waals surface area contributed by atoms with Crippen LogP contribution in [0.2, 0.25) is 0 Å². The van der Waals surface area contributed by atoms with Crippen molar-refractivity contribution < 1.29 is 14.4 Å². The van der Waals surface area contributed by atoms with E-state index in [4.69, 9.17) is 0 Å². The minimum absolute atomic E-state index is 0.00336. The molecule has 0 unspecified atom stereocenters. The predicted octanol–water partition coefficient (Wildman–Crippen LogP) is 3.53. The third kappa shape index (κ3) is 6.64. The van der Waals surface area contributed by atoms with Gasteiger partial charge in [-0.25, -0.2) is 0 Å². The average molecular weight is 396 g/mol. The van der Waals surface area contributed by atoms with Gasteiger partial charge in [0.1, 0.15) is 0 Å². The quantitative estimate of drug-likeness (QED) is 0.548. The molecule has 0 saturated heterocycles. The van der Waals surface area contributed by atoms with E-state index in [1.807, 2.05) is 32.9 Å². The lowest BCUT2D eigenvalue weighted by molar-refractivity contribution is -0.116. The second-order valence-corrected chi connectivity index (χ2v) is 7.01. The van der Waals surface area contributed by atoms with Gasteiger partial charge in [0.05, 0.1) is 17.8 Å². The van der Waals surface area contributed by atoms with Crippen LogP contribution < -0.4 is 21.3 Å². The molecular weight excluding hydrogens is 368 g/mol. The van der Waals surface area contributed by atoms with Gasteiger partial charge in [-0.05, 0) is 50.6 Å². The van der Waals surface area contributed by atoms with E-state index in [1.165, 1.54) is 0 Å². The Hall–Kier alpha value is -3.35. The van der Waals surface area contributed by atoms with Gasteiger partial charge in [-0.15, -0.1) is 0 Å². The fraction of sp³-hybridized carbons (Fsp3) is 0.318. The molecular formula is C22H28N4O3. The fourth-order valence-electron chi connectivity index (χ4n) is 2.64. The highest BCUT2D eigenvalue weighted by molar-refractivity contribution is 6.04. The number of nitrogens with one attached hydrogen (secondary N) is 4. The maximum Gasteiger partial charge on any atom is 0.253 e. The van der Waals surface area contributed by atoms with E-state index < -0.39 is 0 Å². The van der Waals surface area contributed by atoms with Crippen molar-refractivity contribution in [2.75, 3.05) is 22.5 Å². The maximum atomic E-state index is 12.4. The zero-order chi connectivity index (χ0) is 21.4. The van der Waals surface area contributed by atoms with E-state index in [0.717, 1.165) is 11.3 Å². The Morgan fingerprint density at radius 2 is 1.66 bits per heavy atom. The summed E-state index contributed by atoms with van der Waals surface area (Å²) in [6, 6.07) is 12.4. The molecule has 29 heavy (non-hydrogen) atoms. The topological polar surface area (TPSA) is 99.3 Å². The van der Waals surface area contributed by atoms with Gasteiger partial charge in [0.2, 0.25) is 11.8 Å². The molecule has 0 bridgehead atoms. The molecule has 2 rings (SSSR count). The Labute approximate surface area is 171 Å². The second kappa shape index (κ2) is 10.3. The predicted molar refractivity (Wildman–Crippen MR) is 116 cm³/mol. The van der Waals surface area contributed by atoms with E-state index in [-0.39, 0.29) is 30.3 Å². The number of carbonyl (C=O) groups excluding carboxylic acids is 3. The largest absolute Gasteiger partial charge is 0.376 e. The number of hydrogen-bond donors (Lipinski definition) is 4. The minimum atomic E-state index is -0.280. The molecule has 0 fully saturated rings. The van der Waals surface area contributed by atoms with Crippen LogP contribution in [0.5, 0.6) is 0 Å². The van der Waals surface area contributed by atoms with Crippen molar-refractivity contribution in [3.05, 3.63) is 53.6 Å². The molecule has 0 radical (unpaired) electrons. The first-order valence-electron chi connectivity index (χ1n) is 9.64. The van der Waals surface area contributed by atoms with Crippen LogP contribution in [0.15, 0.2) is 42.5 Å². The summed E-state index contributed by atoms with van der Waals surface area (Å²) in [5.41, 5.74) is 3.23. The lowest BCUT2D eigenvalue weighted by atomic mass is 10.1. The number of rotatable bonds is 8. The summed E-state index contributed by atoms with van der Waals surface area (Å²) in [5.74, 6) is -0.593. The van der Waals surface area contributed by atoms with E-state index in [2.05, 4.69) is 21.3 Å². The van der Waals surface area contributed by atoms with Crippen LogP contribution in [0.3, 0.4) is 0 Å². The molecule has 4 N–H and O–H groups in total. The number of anilines is 3. The van der Waals surface area contributed by atoms with Gasteiger partial charge in [-0.2, -0.15) is 0 Å². The van der Waals surface area contributed by atoms with E-state index >= 15 is 0 Å². The van der Waals surface area contributed by atoms with Gasteiger partial charge < -0.3 is 21.3 Å². The number of aryl methyl sites for hydroxylation is 1. The first-order valence-corrected chi connectivity index (χ1v) is 9.64. The summed E-state index contributed by atoms with van der Waals surface area (Å²) in [7, 11) is 0. The third-order valence-corrected chi connectivity index (χ3v) is 4.15. The fourth-order valence-corrected chi connectivity index (χ4v) is 2.64. The Morgan fingerprint density at radius 1 is 0.931 bits per heavy atom. The normalized spacial score (nSPS) is 10.4. The molecule has 0 atom stereocenters. The standard InChI is InChI=1S/C22H28N4O3/c1-5-20(27)25-16-11-10-15(4)19(12-16)23-13-21(28)26-18-9-7-6-8-17(18)22(29)24-14(2)3/h6-12,14,23H,5,13H2,1-4H3,(H,24,29)(H,25,27)(H,26,28). The van der Waals surface area contributed by atoms with Crippen molar-refractivity contribution >= 4 is 34.8 Å². The van der Waals surface area contributed by atoms with Crippen LogP contribution in [0, 0.1) is 6.92 Å². The highest BCUT2D eigenvalue weighted by Crippen LogP contribution is 2.21. The van der Waals surface area contributed by atoms with E-state index in [1.54, 1.807) is 37.3 Å². The van der Waals surface area contributed by atoms with Gasteiger partial charge in [-0.1, -0.05) is 25.1 Å². The Kier molecular flexibility index (Phi) is 7.77. The Bertz CT molecular complexity index is 893. The highest BCUT2D eigenvalue weighted by atomic mass is 16.2. The number of amides is 3. The number of para-hydroxylation sites is 1. The monoisotopic (exact) mass is 396 g/mol. The number of hydrogen-bond acceptors (Lipinski definition) is 4. The third-order valence-electron chi connectivity index (χ3n) is 4.15. The minimum Gasteiger partial charge on any atom is -0.376 e. The first-order chi connectivity index (χ1) is 13.8. The van der Waals surface area contributed by atoms with Crippen molar-refractivity contribution in [2.24, 2.45) is 0 Å². The lowest BCUT2D eigenvalue weighted by Gasteiger charge is -2.15. The van der Waals surface area contributed by atoms with Crippen molar-refractivity contribution in [3.63, 3.8) is 0 Å². The van der Waals surface area contributed by atoms with Crippen molar-refractivity contribution in [2.45, 2.75) is 40.2 Å². The van der Waals surface area contributed by atoms with Crippen LogP contribution >= 0.6 is 0 Å². The SMILES string of the molecule is CCC(=O)Nc1ccc(C)c(NCC(=O)Nc2ccccc2C(=O)NC(C)C)c1. The molecule has 0 saturated carbocycles.